The van der Waals surface area contributed by atoms with E-state index < -0.39 is 0 Å². The van der Waals surface area contributed by atoms with Gasteiger partial charge in [-0.2, -0.15) is 5.10 Å². The Labute approximate surface area is 102 Å². The van der Waals surface area contributed by atoms with Crippen molar-refractivity contribution in [1.29, 1.82) is 0 Å². The van der Waals surface area contributed by atoms with Crippen molar-refractivity contribution in [2.45, 2.75) is 9.79 Å². The number of para-hydroxylation sites is 1. The molecule has 0 fully saturated rings. The molecule has 0 aliphatic carbocycles. The summed E-state index contributed by atoms with van der Waals surface area (Å²) in [6.45, 7) is 0. The highest BCUT2D eigenvalue weighted by Crippen LogP contribution is 2.48. The molecule has 2 heterocycles. The van der Waals surface area contributed by atoms with E-state index in [0.29, 0.717) is 5.15 Å². The summed E-state index contributed by atoms with van der Waals surface area (Å²) in [7, 11) is 1.99. The molecule has 0 saturated heterocycles. The quantitative estimate of drug-likeness (QED) is 0.716. The van der Waals surface area contributed by atoms with Gasteiger partial charge in [0.15, 0.2) is 5.15 Å². The molecule has 1 aromatic carbocycles. The van der Waals surface area contributed by atoms with Gasteiger partial charge < -0.3 is 4.90 Å². The molecule has 1 aliphatic rings. The third-order valence-electron chi connectivity index (χ3n) is 2.53. The standard InChI is InChI=1S/C11H8ClN3S/c1-15-7-4-2-3-5-8(7)16-9-6-13-14-11(12)10(9)15/h2-6H,1H3. The number of aromatic nitrogens is 2. The van der Waals surface area contributed by atoms with Crippen molar-refractivity contribution in [2.24, 2.45) is 0 Å². The van der Waals surface area contributed by atoms with Gasteiger partial charge in [0.25, 0.3) is 0 Å². The second-order valence-corrected chi connectivity index (χ2v) is 4.92. The lowest BCUT2D eigenvalue weighted by Crippen LogP contribution is -2.15. The number of benzene rings is 1. The predicted octanol–water partition coefficient (Wildman–Crippen LogP) is 3.36. The highest BCUT2D eigenvalue weighted by Gasteiger charge is 2.23. The van der Waals surface area contributed by atoms with E-state index >= 15 is 0 Å². The van der Waals surface area contributed by atoms with Gasteiger partial charge in [-0.1, -0.05) is 35.5 Å². The summed E-state index contributed by atoms with van der Waals surface area (Å²) in [6.07, 6.45) is 1.75. The van der Waals surface area contributed by atoms with Crippen LogP contribution in [0.2, 0.25) is 5.15 Å². The fourth-order valence-electron chi connectivity index (χ4n) is 1.78. The number of nitrogens with zero attached hydrogens (tertiary/aromatic N) is 3. The van der Waals surface area contributed by atoms with Crippen molar-refractivity contribution in [1.82, 2.24) is 10.2 Å². The first-order valence-electron chi connectivity index (χ1n) is 4.79. The van der Waals surface area contributed by atoms with Crippen LogP contribution in [0.5, 0.6) is 0 Å². The highest BCUT2D eigenvalue weighted by molar-refractivity contribution is 7.99. The second kappa shape index (κ2) is 3.64. The van der Waals surface area contributed by atoms with Gasteiger partial charge in [0.05, 0.1) is 22.5 Å². The van der Waals surface area contributed by atoms with Crippen molar-refractivity contribution in [3.8, 4) is 0 Å². The minimum atomic E-state index is 0.446. The SMILES string of the molecule is CN1c2ccccc2Sc2cnnc(Cl)c21. The van der Waals surface area contributed by atoms with Gasteiger partial charge in [-0.05, 0) is 12.1 Å². The van der Waals surface area contributed by atoms with Crippen LogP contribution in [0.25, 0.3) is 0 Å². The van der Waals surface area contributed by atoms with E-state index in [4.69, 9.17) is 11.6 Å². The maximum Gasteiger partial charge on any atom is 0.176 e. The number of anilines is 2. The normalized spacial score (nSPS) is 13.2. The first-order chi connectivity index (χ1) is 7.77. The lowest BCUT2D eigenvalue weighted by molar-refractivity contribution is 0.967. The van der Waals surface area contributed by atoms with Crippen LogP contribution in [-0.2, 0) is 0 Å². The van der Waals surface area contributed by atoms with Crippen LogP contribution in [0.1, 0.15) is 0 Å². The third kappa shape index (κ3) is 1.37. The molecule has 2 aromatic rings. The molecule has 1 aromatic heterocycles. The number of fused-ring (bicyclic) bond motifs is 2. The van der Waals surface area contributed by atoms with E-state index in [1.54, 1.807) is 18.0 Å². The Morgan fingerprint density at radius 3 is 2.94 bits per heavy atom. The molecular weight excluding hydrogens is 242 g/mol. The van der Waals surface area contributed by atoms with Crippen LogP contribution < -0.4 is 4.90 Å². The van der Waals surface area contributed by atoms with Crippen molar-refractivity contribution in [3.63, 3.8) is 0 Å². The maximum absolute atomic E-state index is 6.07. The zero-order valence-electron chi connectivity index (χ0n) is 8.51. The van der Waals surface area contributed by atoms with Crippen molar-refractivity contribution < 1.29 is 0 Å². The molecule has 0 atom stereocenters. The van der Waals surface area contributed by atoms with Crippen molar-refractivity contribution >= 4 is 34.7 Å². The van der Waals surface area contributed by atoms with Gasteiger partial charge in [0, 0.05) is 11.9 Å². The lowest BCUT2D eigenvalue weighted by Gasteiger charge is -2.28. The second-order valence-electron chi connectivity index (χ2n) is 3.48. The summed E-state index contributed by atoms with van der Waals surface area (Å²) in [6, 6.07) is 8.21. The molecule has 0 bridgehead atoms. The smallest absolute Gasteiger partial charge is 0.176 e. The summed E-state index contributed by atoms with van der Waals surface area (Å²) in [5.41, 5.74) is 2.08. The average Bonchev–Trinajstić information content (AvgIpc) is 2.29. The first-order valence-corrected chi connectivity index (χ1v) is 5.98. The summed E-state index contributed by atoms with van der Waals surface area (Å²) in [5.74, 6) is 0. The van der Waals surface area contributed by atoms with Gasteiger partial charge in [-0.15, -0.1) is 5.10 Å². The Bertz CT molecular complexity index is 559. The minimum absolute atomic E-state index is 0.446. The van der Waals surface area contributed by atoms with E-state index in [-0.39, 0.29) is 0 Å². The molecule has 0 saturated carbocycles. The van der Waals surface area contributed by atoms with Crippen LogP contribution >= 0.6 is 23.4 Å². The Hall–Kier alpha value is -1.26. The van der Waals surface area contributed by atoms with Crippen LogP contribution in [-0.4, -0.2) is 17.2 Å². The number of rotatable bonds is 0. The van der Waals surface area contributed by atoms with E-state index in [1.807, 2.05) is 19.2 Å². The molecule has 0 radical (unpaired) electrons. The predicted molar refractivity (Wildman–Crippen MR) is 65.7 cm³/mol. The molecule has 16 heavy (non-hydrogen) atoms. The Morgan fingerprint density at radius 2 is 2.06 bits per heavy atom. The third-order valence-corrected chi connectivity index (χ3v) is 3.87. The van der Waals surface area contributed by atoms with Gasteiger partial charge in [-0.3, -0.25) is 0 Å². The molecular formula is C11H8ClN3S. The Balaban J connectivity index is 2.23. The molecule has 0 N–H and O–H groups in total. The molecule has 3 nitrogen and oxygen atoms in total. The molecule has 1 aliphatic heterocycles. The largest absolute Gasteiger partial charge is 0.340 e. The fraction of sp³-hybridized carbons (Fsp3) is 0.0909. The van der Waals surface area contributed by atoms with Gasteiger partial charge in [-0.25, -0.2) is 0 Å². The van der Waals surface area contributed by atoms with Crippen LogP contribution in [0.4, 0.5) is 11.4 Å². The molecule has 0 amide bonds. The summed E-state index contributed by atoms with van der Waals surface area (Å²) in [5, 5.41) is 8.20. The molecule has 5 heteroatoms. The average molecular weight is 250 g/mol. The summed E-state index contributed by atoms with van der Waals surface area (Å²) < 4.78 is 0. The van der Waals surface area contributed by atoms with Gasteiger partial charge in [0.2, 0.25) is 0 Å². The maximum atomic E-state index is 6.07. The minimum Gasteiger partial charge on any atom is -0.340 e. The molecule has 0 spiro atoms. The number of hydrogen-bond donors (Lipinski definition) is 0. The van der Waals surface area contributed by atoms with E-state index in [2.05, 4.69) is 27.2 Å². The monoisotopic (exact) mass is 249 g/mol. The van der Waals surface area contributed by atoms with Crippen LogP contribution in [0.15, 0.2) is 40.3 Å². The van der Waals surface area contributed by atoms with Crippen molar-refractivity contribution in [3.05, 3.63) is 35.6 Å². The Morgan fingerprint density at radius 1 is 1.25 bits per heavy atom. The van der Waals surface area contributed by atoms with E-state index in [1.165, 1.54) is 4.90 Å². The Kier molecular flexibility index (Phi) is 2.26. The van der Waals surface area contributed by atoms with Crippen molar-refractivity contribution in [2.75, 3.05) is 11.9 Å². The van der Waals surface area contributed by atoms with Crippen LogP contribution in [0, 0.1) is 0 Å². The number of halogens is 1. The van der Waals surface area contributed by atoms with E-state index in [9.17, 15) is 0 Å². The molecule has 3 rings (SSSR count). The fourth-order valence-corrected chi connectivity index (χ4v) is 3.23. The lowest BCUT2D eigenvalue weighted by atomic mass is 10.2. The highest BCUT2D eigenvalue weighted by atomic mass is 35.5. The van der Waals surface area contributed by atoms with Gasteiger partial charge in [0.1, 0.15) is 0 Å². The first kappa shape index (κ1) is 9.93. The summed E-state index contributed by atoms with van der Waals surface area (Å²) in [4.78, 5) is 4.31. The summed E-state index contributed by atoms with van der Waals surface area (Å²) >= 11 is 7.75. The van der Waals surface area contributed by atoms with E-state index in [0.717, 1.165) is 16.3 Å². The number of hydrogen-bond acceptors (Lipinski definition) is 4. The zero-order chi connectivity index (χ0) is 11.1. The molecule has 80 valence electrons. The molecule has 0 unspecified atom stereocenters. The zero-order valence-corrected chi connectivity index (χ0v) is 10.1. The van der Waals surface area contributed by atoms with Gasteiger partial charge >= 0.3 is 0 Å². The topological polar surface area (TPSA) is 29.0 Å². The van der Waals surface area contributed by atoms with Crippen LogP contribution in [0.3, 0.4) is 0 Å².